The molecule has 2 heterocycles. The first kappa shape index (κ1) is 20.4. The SMILES string of the molecule is Cc1ccnn1-c1ccc(C(=O)N2CCN(CCOc3ccccc3Cl)CC2)cc1. The van der Waals surface area contributed by atoms with E-state index in [0.29, 0.717) is 36.0 Å². The second kappa shape index (κ2) is 9.32. The topological polar surface area (TPSA) is 50.6 Å². The smallest absolute Gasteiger partial charge is 0.253 e. The van der Waals surface area contributed by atoms with E-state index in [4.69, 9.17) is 16.3 Å². The van der Waals surface area contributed by atoms with Crippen molar-refractivity contribution in [1.82, 2.24) is 19.6 Å². The number of benzene rings is 2. The number of carbonyl (C=O) groups is 1. The summed E-state index contributed by atoms with van der Waals surface area (Å²) in [7, 11) is 0. The predicted molar refractivity (Wildman–Crippen MR) is 118 cm³/mol. The molecule has 156 valence electrons. The zero-order chi connectivity index (χ0) is 20.9. The molecule has 3 aromatic rings. The first-order valence-corrected chi connectivity index (χ1v) is 10.5. The number of halogens is 1. The van der Waals surface area contributed by atoms with Gasteiger partial charge in [-0.15, -0.1) is 0 Å². The van der Waals surface area contributed by atoms with Gasteiger partial charge in [-0.1, -0.05) is 23.7 Å². The minimum Gasteiger partial charge on any atom is -0.491 e. The van der Waals surface area contributed by atoms with Crippen molar-refractivity contribution in [3.63, 3.8) is 0 Å². The molecule has 1 aliphatic heterocycles. The van der Waals surface area contributed by atoms with Gasteiger partial charge >= 0.3 is 0 Å². The highest BCUT2D eigenvalue weighted by molar-refractivity contribution is 6.32. The third kappa shape index (κ3) is 4.66. The molecule has 0 atom stereocenters. The number of rotatable bonds is 6. The highest BCUT2D eigenvalue weighted by Gasteiger charge is 2.22. The van der Waals surface area contributed by atoms with E-state index in [1.807, 2.05) is 71.1 Å². The maximum absolute atomic E-state index is 12.9. The summed E-state index contributed by atoms with van der Waals surface area (Å²) in [6.45, 7) is 6.49. The zero-order valence-corrected chi connectivity index (χ0v) is 17.8. The fourth-order valence-electron chi connectivity index (χ4n) is 3.59. The summed E-state index contributed by atoms with van der Waals surface area (Å²) in [5.74, 6) is 0.785. The summed E-state index contributed by atoms with van der Waals surface area (Å²) in [5, 5.41) is 4.93. The summed E-state index contributed by atoms with van der Waals surface area (Å²) >= 11 is 6.12. The Labute approximate surface area is 181 Å². The Balaban J connectivity index is 1.26. The molecule has 0 saturated carbocycles. The average Bonchev–Trinajstić information content (AvgIpc) is 3.21. The van der Waals surface area contributed by atoms with Crippen LogP contribution in [0.4, 0.5) is 0 Å². The molecule has 1 saturated heterocycles. The minimum atomic E-state index is 0.0747. The summed E-state index contributed by atoms with van der Waals surface area (Å²) in [6, 6.07) is 17.1. The van der Waals surface area contributed by atoms with Crippen LogP contribution >= 0.6 is 11.6 Å². The molecular weight excluding hydrogens is 400 g/mol. The molecule has 0 aliphatic carbocycles. The maximum atomic E-state index is 12.9. The highest BCUT2D eigenvalue weighted by atomic mass is 35.5. The molecular formula is C23H25ClN4O2. The van der Waals surface area contributed by atoms with Crippen LogP contribution in [0.15, 0.2) is 60.8 Å². The molecule has 30 heavy (non-hydrogen) atoms. The van der Waals surface area contributed by atoms with Gasteiger partial charge in [0, 0.05) is 50.2 Å². The van der Waals surface area contributed by atoms with Crippen molar-refractivity contribution in [2.75, 3.05) is 39.3 Å². The van der Waals surface area contributed by atoms with Crippen LogP contribution in [0.25, 0.3) is 5.69 Å². The van der Waals surface area contributed by atoms with Crippen LogP contribution in [0.3, 0.4) is 0 Å². The van der Waals surface area contributed by atoms with Gasteiger partial charge in [-0.3, -0.25) is 9.69 Å². The van der Waals surface area contributed by atoms with E-state index in [2.05, 4.69) is 10.00 Å². The highest BCUT2D eigenvalue weighted by Crippen LogP contribution is 2.23. The van der Waals surface area contributed by atoms with E-state index in [1.54, 1.807) is 6.20 Å². The Morgan fingerprint density at radius 1 is 1.03 bits per heavy atom. The van der Waals surface area contributed by atoms with Crippen molar-refractivity contribution in [1.29, 1.82) is 0 Å². The van der Waals surface area contributed by atoms with Crippen molar-refractivity contribution in [2.45, 2.75) is 6.92 Å². The van der Waals surface area contributed by atoms with Crippen molar-refractivity contribution < 1.29 is 9.53 Å². The van der Waals surface area contributed by atoms with E-state index in [0.717, 1.165) is 31.0 Å². The lowest BCUT2D eigenvalue weighted by atomic mass is 10.1. The van der Waals surface area contributed by atoms with Crippen LogP contribution in [-0.4, -0.2) is 64.8 Å². The number of piperazine rings is 1. The molecule has 1 aromatic heterocycles. The average molecular weight is 425 g/mol. The van der Waals surface area contributed by atoms with E-state index in [1.165, 1.54) is 0 Å². The third-order valence-corrected chi connectivity index (χ3v) is 5.66. The largest absolute Gasteiger partial charge is 0.491 e. The fraction of sp³-hybridized carbons (Fsp3) is 0.304. The van der Waals surface area contributed by atoms with Crippen LogP contribution in [0.5, 0.6) is 5.75 Å². The molecule has 0 radical (unpaired) electrons. The van der Waals surface area contributed by atoms with Gasteiger partial charge in [-0.25, -0.2) is 4.68 Å². The molecule has 0 N–H and O–H groups in total. The molecule has 4 rings (SSSR count). The molecule has 0 spiro atoms. The van der Waals surface area contributed by atoms with Crippen LogP contribution in [0.1, 0.15) is 16.1 Å². The molecule has 7 heteroatoms. The third-order valence-electron chi connectivity index (χ3n) is 5.35. The number of aromatic nitrogens is 2. The van der Waals surface area contributed by atoms with E-state index >= 15 is 0 Å². The Morgan fingerprint density at radius 2 is 1.77 bits per heavy atom. The van der Waals surface area contributed by atoms with Crippen LogP contribution in [-0.2, 0) is 0 Å². The number of hydrogen-bond donors (Lipinski definition) is 0. The number of amides is 1. The van der Waals surface area contributed by atoms with Crippen LogP contribution in [0, 0.1) is 6.92 Å². The lowest BCUT2D eigenvalue weighted by Crippen LogP contribution is -2.49. The number of hydrogen-bond acceptors (Lipinski definition) is 4. The first-order valence-electron chi connectivity index (χ1n) is 10.1. The van der Waals surface area contributed by atoms with Gasteiger partial charge in [-0.2, -0.15) is 5.10 Å². The van der Waals surface area contributed by atoms with Crippen molar-refractivity contribution in [3.05, 3.63) is 77.1 Å². The lowest BCUT2D eigenvalue weighted by molar-refractivity contribution is 0.0620. The van der Waals surface area contributed by atoms with Gasteiger partial charge in [0.25, 0.3) is 5.91 Å². The molecule has 1 amide bonds. The van der Waals surface area contributed by atoms with Gasteiger partial charge in [0.1, 0.15) is 12.4 Å². The van der Waals surface area contributed by atoms with E-state index in [-0.39, 0.29) is 5.91 Å². The Kier molecular flexibility index (Phi) is 6.35. The molecule has 1 fully saturated rings. The molecule has 1 aliphatic rings. The Hall–Kier alpha value is -2.83. The number of ether oxygens (including phenoxy) is 1. The van der Waals surface area contributed by atoms with Gasteiger partial charge < -0.3 is 9.64 Å². The number of nitrogens with zero attached hydrogens (tertiary/aromatic N) is 4. The van der Waals surface area contributed by atoms with Gasteiger partial charge in [-0.05, 0) is 49.4 Å². The number of aryl methyl sites for hydroxylation is 1. The Bertz CT molecular complexity index is 994. The quantitative estimate of drug-likeness (QED) is 0.605. The molecule has 2 aromatic carbocycles. The maximum Gasteiger partial charge on any atom is 0.253 e. The molecule has 0 unspecified atom stereocenters. The van der Waals surface area contributed by atoms with Crippen molar-refractivity contribution in [3.8, 4) is 11.4 Å². The second-order valence-electron chi connectivity index (χ2n) is 7.34. The first-order chi connectivity index (χ1) is 14.6. The van der Waals surface area contributed by atoms with Crippen molar-refractivity contribution >= 4 is 17.5 Å². The number of para-hydroxylation sites is 1. The Morgan fingerprint density at radius 3 is 2.43 bits per heavy atom. The monoisotopic (exact) mass is 424 g/mol. The van der Waals surface area contributed by atoms with Gasteiger partial charge in [0.05, 0.1) is 10.7 Å². The minimum absolute atomic E-state index is 0.0747. The lowest BCUT2D eigenvalue weighted by Gasteiger charge is -2.34. The second-order valence-corrected chi connectivity index (χ2v) is 7.75. The summed E-state index contributed by atoms with van der Waals surface area (Å²) in [6.07, 6.45) is 1.77. The summed E-state index contributed by atoms with van der Waals surface area (Å²) in [5.41, 5.74) is 2.72. The standard InChI is InChI=1S/C23H25ClN4O2/c1-18-10-11-25-28(18)20-8-6-19(7-9-20)23(29)27-14-12-26(13-15-27)16-17-30-22-5-3-2-4-21(22)24/h2-11H,12-17H2,1H3. The summed E-state index contributed by atoms with van der Waals surface area (Å²) < 4.78 is 7.63. The fourth-order valence-corrected chi connectivity index (χ4v) is 3.78. The van der Waals surface area contributed by atoms with Crippen LogP contribution < -0.4 is 4.74 Å². The zero-order valence-electron chi connectivity index (χ0n) is 17.0. The van der Waals surface area contributed by atoms with E-state index < -0.39 is 0 Å². The van der Waals surface area contributed by atoms with Gasteiger partial charge in [0.15, 0.2) is 0 Å². The van der Waals surface area contributed by atoms with Crippen LogP contribution in [0.2, 0.25) is 5.02 Å². The molecule has 6 nitrogen and oxygen atoms in total. The summed E-state index contributed by atoms with van der Waals surface area (Å²) in [4.78, 5) is 17.1. The van der Waals surface area contributed by atoms with Crippen molar-refractivity contribution in [2.24, 2.45) is 0 Å². The number of carbonyl (C=O) groups excluding carboxylic acids is 1. The van der Waals surface area contributed by atoms with E-state index in [9.17, 15) is 4.79 Å². The molecule has 0 bridgehead atoms. The normalized spacial score (nSPS) is 14.7. The predicted octanol–water partition coefficient (Wildman–Crippen LogP) is 3.67. The van der Waals surface area contributed by atoms with Gasteiger partial charge in [0.2, 0.25) is 0 Å².